The van der Waals surface area contributed by atoms with Crippen molar-refractivity contribution < 1.29 is 66.1 Å². The molecule has 0 bridgehead atoms. The van der Waals surface area contributed by atoms with Crippen LogP contribution in [0.5, 0.6) is 0 Å². The third-order valence-corrected chi connectivity index (χ3v) is 4.63. The molecule has 0 N–H and O–H groups in total. The van der Waals surface area contributed by atoms with E-state index < -0.39 is 22.9 Å². The Kier molecular flexibility index (Phi) is 8.87. The fourth-order valence-electron chi connectivity index (χ4n) is 3.19. The fraction of sp³-hybridized carbons (Fsp3) is 0.217. The van der Waals surface area contributed by atoms with Crippen molar-refractivity contribution in [1.82, 2.24) is 9.78 Å². The minimum absolute atomic E-state index is 0. The summed E-state index contributed by atoms with van der Waals surface area (Å²) in [5, 5.41) is 15.6. The molecule has 0 aliphatic rings. The summed E-state index contributed by atoms with van der Waals surface area (Å²) in [7, 11) is 0. The van der Waals surface area contributed by atoms with E-state index in [-0.39, 0.29) is 69.8 Å². The van der Waals surface area contributed by atoms with Crippen molar-refractivity contribution in [1.29, 1.82) is 0 Å². The average Bonchev–Trinajstić information content (AvgIpc) is 2.70. The Hall–Kier alpha value is -1.90. The number of hydrogen-bond donors (Lipinski definition) is 0. The number of hydrogen-bond acceptors (Lipinski definition) is 5. The zero-order chi connectivity index (χ0) is 21.0. The van der Waals surface area contributed by atoms with Crippen LogP contribution in [-0.2, 0) is 6.42 Å². The number of rotatable bonds is 7. The second-order valence-corrected chi connectivity index (χ2v) is 6.87. The van der Waals surface area contributed by atoms with Crippen molar-refractivity contribution in [3.63, 3.8) is 0 Å². The predicted octanol–water partition coefficient (Wildman–Crippen LogP) is -0.518. The van der Waals surface area contributed by atoms with Crippen LogP contribution in [0.3, 0.4) is 0 Å². The number of carboxylic acids is 1. The van der Waals surface area contributed by atoms with Crippen molar-refractivity contribution in [2.45, 2.75) is 33.1 Å². The van der Waals surface area contributed by atoms with Gasteiger partial charge >= 0.3 is 51.4 Å². The maximum absolute atomic E-state index is 12.9. The van der Waals surface area contributed by atoms with E-state index in [0.29, 0.717) is 17.8 Å². The zero-order valence-electron chi connectivity index (χ0n) is 17.3. The van der Waals surface area contributed by atoms with Crippen LogP contribution in [0.15, 0.2) is 59.4 Å². The monoisotopic (exact) mass is 428 g/mol. The quantitative estimate of drug-likeness (QED) is 0.373. The van der Waals surface area contributed by atoms with Crippen LogP contribution in [0.25, 0.3) is 5.69 Å². The summed E-state index contributed by atoms with van der Waals surface area (Å²) in [6, 6.07) is 16.6. The Balaban J connectivity index is 0.00000320. The van der Waals surface area contributed by atoms with Crippen LogP contribution < -0.4 is 61.9 Å². The number of carbonyl (C=O) groups is 2. The number of carboxylic acid groups (broad SMARTS) is 1. The van der Waals surface area contributed by atoms with E-state index in [9.17, 15) is 19.5 Å². The van der Waals surface area contributed by atoms with Gasteiger partial charge in [-0.1, -0.05) is 55.0 Å². The summed E-state index contributed by atoms with van der Waals surface area (Å²) < 4.78 is 1.38. The molecule has 1 heterocycles. The van der Waals surface area contributed by atoms with Gasteiger partial charge in [-0.15, -0.1) is 0 Å². The zero-order valence-corrected chi connectivity index (χ0v) is 20.5. The molecule has 0 aliphatic carbocycles. The van der Waals surface area contributed by atoms with E-state index >= 15 is 0 Å². The minimum atomic E-state index is -1.70. The molecule has 0 radical (unpaired) electrons. The van der Waals surface area contributed by atoms with Gasteiger partial charge in [0, 0.05) is 12.8 Å². The molecule has 0 fully saturated rings. The van der Waals surface area contributed by atoms with E-state index in [1.54, 1.807) is 12.1 Å². The third-order valence-electron chi connectivity index (χ3n) is 4.63. The number of nitrogens with zero attached hydrogens (tertiary/aromatic N) is 2. The van der Waals surface area contributed by atoms with Gasteiger partial charge in [-0.05, 0) is 31.0 Å². The summed E-state index contributed by atoms with van der Waals surface area (Å²) >= 11 is 0. The largest absolute Gasteiger partial charge is 1.00 e. The van der Waals surface area contributed by atoms with Gasteiger partial charge in [0.2, 0.25) is 5.43 Å². The molecule has 30 heavy (non-hydrogen) atoms. The summed E-state index contributed by atoms with van der Waals surface area (Å²) in [5.41, 5.74) is 1.04. The van der Waals surface area contributed by atoms with E-state index in [0.717, 1.165) is 11.1 Å². The number of aryl methyl sites for hydroxylation is 1. The molecule has 6 nitrogen and oxygen atoms in total. The second kappa shape index (κ2) is 10.9. The molecule has 3 aromatic rings. The molecular formula is C23H21KN2O4. The van der Waals surface area contributed by atoms with Crippen molar-refractivity contribution in [2.75, 3.05) is 0 Å². The Bertz CT molecular complexity index is 1110. The number of Topliss-reactive ketones (excluding diaryl/α,β-unsaturated/α-hetero) is 1. The first kappa shape index (κ1) is 24.4. The number of aromatic nitrogens is 2. The molecular weight excluding hydrogens is 407 g/mol. The smallest absolute Gasteiger partial charge is 0.543 e. The molecule has 0 spiro atoms. The van der Waals surface area contributed by atoms with Gasteiger partial charge < -0.3 is 9.90 Å². The van der Waals surface area contributed by atoms with Gasteiger partial charge in [-0.25, -0.2) is 4.68 Å². The molecule has 2 aromatic carbocycles. The van der Waals surface area contributed by atoms with Gasteiger partial charge in [0.15, 0.2) is 11.5 Å². The van der Waals surface area contributed by atoms with Gasteiger partial charge in [0.05, 0.1) is 22.9 Å². The van der Waals surface area contributed by atoms with E-state index in [1.165, 1.54) is 4.68 Å². The van der Waals surface area contributed by atoms with Crippen LogP contribution in [-0.4, -0.2) is 21.5 Å². The Morgan fingerprint density at radius 2 is 1.67 bits per heavy atom. The van der Waals surface area contributed by atoms with E-state index in [2.05, 4.69) is 5.10 Å². The van der Waals surface area contributed by atoms with Crippen LogP contribution in [0.4, 0.5) is 0 Å². The van der Waals surface area contributed by atoms with Crippen LogP contribution in [0.1, 0.15) is 57.4 Å². The molecule has 3 rings (SSSR count). The van der Waals surface area contributed by atoms with Crippen molar-refractivity contribution in [3.05, 3.63) is 92.9 Å². The predicted molar refractivity (Wildman–Crippen MR) is 107 cm³/mol. The Labute approximate surface area is 217 Å². The molecule has 148 valence electrons. The Morgan fingerprint density at radius 3 is 2.23 bits per heavy atom. The van der Waals surface area contributed by atoms with Gasteiger partial charge in [0.1, 0.15) is 0 Å². The number of ketones is 1. The van der Waals surface area contributed by atoms with E-state index in [1.807, 2.05) is 56.3 Å². The standard InChI is InChI=1S/C23H22N2O4.K/c1-3-7-19(26)20-18(14-16-8-5-4-6-9-16)25(17-12-10-15(2)11-13-17)24-21(22(20)27)23(28)29;/h4-6,8-13H,3,7,14H2,1-2H3,(H,28,29);/q;+1/p-1. The first-order chi connectivity index (χ1) is 13.9. The maximum Gasteiger partial charge on any atom is 1.00 e. The van der Waals surface area contributed by atoms with Crippen LogP contribution >= 0.6 is 0 Å². The number of aromatic carboxylic acids is 1. The topological polar surface area (TPSA) is 92.1 Å². The molecule has 7 heteroatoms. The van der Waals surface area contributed by atoms with E-state index in [4.69, 9.17) is 0 Å². The molecule has 1 aromatic heterocycles. The third kappa shape index (κ3) is 5.41. The normalized spacial score (nSPS) is 10.3. The Morgan fingerprint density at radius 1 is 1.03 bits per heavy atom. The minimum Gasteiger partial charge on any atom is -0.543 e. The number of carbonyl (C=O) groups excluding carboxylic acids is 2. The molecule has 0 amide bonds. The fourth-order valence-corrected chi connectivity index (χ4v) is 3.19. The van der Waals surface area contributed by atoms with Crippen molar-refractivity contribution in [3.8, 4) is 5.69 Å². The summed E-state index contributed by atoms with van der Waals surface area (Å²) in [5.74, 6) is -2.10. The first-order valence-corrected chi connectivity index (χ1v) is 9.44. The first-order valence-electron chi connectivity index (χ1n) is 9.44. The maximum atomic E-state index is 12.9. The van der Waals surface area contributed by atoms with Crippen molar-refractivity contribution in [2.24, 2.45) is 0 Å². The SMILES string of the molecule is CCCC(=O)c1c(Cc2ccccc2)n(-c2ccc(C)cc2)nc(C(=O)[O-])c1=O.[K+]. The van der Waals surface area contributed by atoms with Gasteiger partial charge in [0.25, 0.3) is 0 Å². The van der Waals surface area contributed by atoms with Gasteiger partial charge in [-0.2, -0.15) is 5.10 Å². The van der Waals surface area contributed by atoms with Crippen LogP contribution in [0, 0.1) is 6.92 Å². The molecule has 0 saturated carbocycles. The molecule has 0 atom stereocenters. The summed E-state index contributed by atoms with van der Waals surface area (Å²) in [6.07, 6.45) is 0.938. The van der Waals surface area contributed by atoms with Crippen molar-refractivity contribution >= 4 is 11.8 Å². The van der Waals surface area contributed by atoms with Crippen LogP contribution in [0.2, 0.25) is 0 Å². The molecule has 0 aliphatic heterocycles. The summed E-state index contributed by atoms with van der Waals surface area (Å²) in [4.78, 5) is 37.3. The summed E-state index contributed by atoms with van der Waals surface area (Å²) in [6.45, 7) is 3.75. The van der Waals surface area contributed by atoms with Gasteiger partial charge in [-0.3, -0.25) is 9.59 Å². The second-order valence-electron chi connectivity index (χ2n) is 6.87. The molecule has 0 saturated heterocycles. The molecule has 0 unspecified atom stereocenters. The average molecular weight is 429 g/mol. The number of benzene rings is 2.